The minimum atomic E-state index is -0.427. The van der Waals surface area contributed by atoms with Crippen LogP contribution in [0.4, 0.5) is 0 Å². The van der Waals surface area contributed by atoms with Crippen molar-refractivity contribution in [3.8, 4) is 0 Å². The van der Waals surface area contributed by atoms with Crippen LogP contribution < -0.4 is 5.32 Å². The predicted octanol–water partition coefficient (Wildman–Crippen LogP) is 2.03. The molecule has 0 unspecified atom stereocenters. The molecule has 0 aliphatic carbocycles. The zero-order chi connectivity index (χ0) is 11.5. The van der Waals surface area contributed by atoms with E-state index in [1.54, 1.807) is 0 Å². The summed E-state index contributed by atoms with van der Waals surface area (Å²) in [7, 11) is 0. The lowest BCUT2D eigenvalue weighted by atomic mass is 10.1. The minimum Gasteiger partial charge on any atom is -0.457 e. The SMILES string of the molecule is C=C(C[C@@H]1CCCN1)C(=O)OC(C)(C)C. The summed E-state index contributed by atoms with van der Waals surface area (Å²) < 4.78 is 5.24. The third-order valence-corrected chi connectivity index (χ3v) is 2.34. The molecule has 1 aliphatic heterocycles. The molecule has 1 aliphatic rings. The number of nitrogens with one attached hydrogen (secondary N) is 1. The lowest BCUT2D eigenvalue weighted by molar-refractivity contribution is -0.150. The van der Waals surface area contributed by atoms with Crippen molar-refractivity contribution in [1.29, 1.82) is 0 Å². The number of ether oxygens (including phenoxy) is 1. The first kappa shape index (κ1) is 12.2. The highest BCUT2D eigenvalue weighted by Gasteiger charge is 2.22. The third-order valence-electron chi connectivity index (χ3n) is 2.34. The Morgan fingerprint density at radius 1 is 1.53 bits per heavy atom. The van der Waals surface area contributed by atoms with Crippen LogP contribution in [0, 0.1) is 0 Å². The van der Waals surface area contributed by atoms with E-state index in [1.807, 2.05) is 20.8 Å². The van der Waals surface area contributed by atoms with E-state index in [0.717, 1.165) is 13.0 Å². The van der Waals surface area contributed by atoms with Gasteiger partial charge in [-0.15, -0.1) is 0 Å². The fraction of sp³-hybridized carbons (Fsp3) is 0.750. The molecule has 15 heavy (non-hydrogen) atoms. The Bertz CT molecular complexity index is 247. The van der Waals surface area contributed by atoms with E-state index < -0.39 is 5.60 Å². The maximum absolute atomic E-state index is 11.6. The molecule has 1 saturated heterocycles. The zero-order valence-corrected chi connectivity index (χ0v) is 9.93. The van der Waals surface area contributed by atoms with E-state index >= 15 is 0 Å². The molecule has 3 nitrogen and oxygen atoms in total. The van der Waals surface area contributed by atoms with E-state index in [4.69, 9.17) is 4.74 Å². The van der Waals surface area contributed by atoms with Crippen molar-refractivity contribution in [1.82, 2.24) is 5.32 Å². The Morgan fingerprint density at radius 3 is 2.67 bits per heavy atom. The van der Waals surface area contributed by atoms with Crippen LogP contribution >= 0.6 is 0 Å². The Morgan fingerprint density at radius 2 is 2.20 bits per heavy atom. The third kappa shape index (κ3) is 4.47. The molecule has 86 valence electrons. The van der Waals surface area contributed by atoms with Crippen LogP contribution in [0.1, 0.15) is 40.0 Å². The molecule has 0 aromatic carbocycles. The Labute approximate surface area is 91.9 Å². The summed E-state index contributed by atoms with van der Waals surface area (Å²) in [5, 5.41) is 3.34. The maximum atomic E-state index is 11.6. The predicted molar refractivity (Wildman–Crippen MR) is 60.6 cm³/mol. The zero-order valence-electron chi connectivity index (χ0n) is 9.93. The lowest BCUT2D eigenvalue weighted by Gasteiger charge is -2.21. The Balaban J connectivity index is 2.36. The van der Waals surface area contributed by atoms with Gasteiger partial charge in [0.05, 0.1) is 0 Å². The van der Waals surface area contributed by atoms with Gasteiger partial charge < -0.3 is 10.1 Å². The second-order valence-electron chi connectivity index (χ2n) is 5.10. The molecule has 0 bridgehead atoms. The molecular formula is C12H21NO2. The highest BCUT2D eigenvalue weighted by Crippen LogP contribution is 2.17. The first-order valence-corrected chi connectivity index (χ1v) is 5.53. The van der Waals surface area contributed by atoms with Crippen LogP contribution in [0.15, 0.2) is 12.2 Å². The lowest BCUT2D eigenvalue weighted by Crippen LogP contribution is -2.28. The monoisotopic (exact) mass is 211 g/mol. The van der Waals surface area contributed by atoms with Crippen molar-refractivity contribution in [2.75, 3.05) is 6.54 Å². The highest BCUT2D eigenvalue weighted by atomic mass is 16.6. The quantitative estimate of drug-likeness (QED) is 0.573. The maximum Gasteiger partial charge on any atom is 0.333 e. The van der Waals surface area contributed by atoms with E-state index in [-0.39, 0.29) is 5.97 Å². The van der Waals surface area contributed by atoms with Gasteiger partial charge in [0, 0.05) is 11.6 Å². The Hall–Kier alpha value is -0.830. The Kier molecular flexibility index (Phi) is 3.91. The normalized spacial score (nSPS) is 21.4. The number of esters is 1. The van der Waals surface area contributed by atoms with Gasteiger partial charge in [-0.2, -0.15) is 0 Å². The molecule has 0 radical (unpaired) electrons. The molecule has 0 saturated carbocycles. The number of rotatable bonds is 3. The van der Waals surface area contributed by atoms with Crippen LogP contribution in [0.25, 0.3) is 0 Å². The van der Waals surface area contributed by atoms with Gasteiger partial charge in [0.2, 0.25) is 0 Å². The van der Waals surface area contributed by atoms with E-state index in [9.17, 15) is 4.79 Å². The van der Waals surface area contributed by atoms with E-state index in [1.165, 1.54) is 6.42 Å². The fourth-order valence-corrected chi connectivity index (χ4v) is 1.66. The summed E-state index contributed by atoms with van der Waals surface area (Å²) in [5.41, 5.74) is 0.146. The molecule has 1 N–H and O–H groups in total. The molecule has 0 amide bonds. The van der Waals surface area contributed by atoms with Crippen molar-refractivity contribution >= 4 is 5.97 Å². The first-order chi connectivity index (χ1) is 6.88. The molecule has 1 heterocycles. The molecule has 1 atom stereocenters. The fourth-order valence-electron chi connectivity index (χ4n) is 1.66. The van der Waals surface area contributed by atoms with E-state index in [2.05, 4.69) is 11.9 Å². The molecule has 1 rings (SSSR count). The summed E-state index contributed by atoms with van der Waals surface area (Å²) in [6, 6.07) is 0.407. The average Bonchev–Trinajstić information content (AvgIpc) is 2.53. The van der Waals surface area contributed by atoms with Crippen molar-refractivity contribution in [3.05, 3.63) is 12.2 Å². The van der Waals surface area contributed by atoms with Gasteiger partial charge in [-0.3, -0.25) is 0 Å². The summed E-state index contributed by atoms with van der Waals surface area (Å²) in [6.07, 6.45) is 3.02. The average molecular weight is 211 g/mol. The van der Waals surface area contributed by atoms with Crippen molar-refractivity contribution in [3.63, 3.8) is 0 Å². The van der Waals surface area contributed by atoms with Gasteiger partial charge >= 0.3 is 5.97 Å². The number of carbonyl (C=O) groups excluding carboxylic acids is 1. The highest BCUT2D eigenvalue weighted by molar-refractivity contribution is 5.88. The molecule has 0 aromatic heterocycles. The molecule has 1 fully saturated rings. The van der Waals surface area contributed by atoms with Crippen LogP contribution in [0.2, 0.25) is 0 Å². The van der Waals surface area contributed by atoms with Gasteiger partial charge in [0.25, 0.3) is 0 Å². The van der Waals surface area contributed by atoms with Gasteiger partial charge in [-0.05, 0) is 46.6 Å². The summed E-state index contributed by atoms with van der Waals surface area (Å²) >= 11 is 0. The largest absolute Gasteiger partial charge is 0.457 e. The summed E-state index contributed by atoms with van der Waals surface area (Å²) in [4.78, 5) is 11.6. The molecule has 3 heteroatoms. The van der Waals surface area contributed by atoms with Crippen molar-refractivity contribution < 1.29 is 9.53 Å². The number of hydrogen-bond acceptors (Lipinski definition) is 3. The van der Waals surface area contributed by atoms with Gasteiger partial charge in [0.1, 0.15) is 5.60 Å². The smallest absolute Gasteiger partial charge is 0.333 e. The number of carbonyl (C=O) groups is 1. The standard InChI is InChI=1S/C12H21NO2/c1-9(8-10-6-5-7-13-10)11(14)15-12(2,3)4/h10,13H,1,5-8H2,2-4H3/t10-/m0/s1. The van der Waals surface area contributed by atoms with Crippen LogP contribution in [0.3, 0.4) is 0 Å². The topological polar surface area (TPSA) is 38.3 Å². The minimum absolute atomic E-state index is 0.267. The molecule has 0 spiro atoms. The summed E-state index contributed by atoms with van der Waals surface area (Å²) in [5.74, 6) is -0.267. The first-order valence-electron chi connectivity index (χ1n) is 5.53. The van der Waals surface area contributed by atoms with Gasteiger partial charge in [-0.1, -0.05) is 6.58 Å². The van der Waals surface area contributed by atoms with Crippen LogP contribution in [-0.2, 0) is 9.53 Å². The second kappa shape index (κ2) is 4.79. The molecular weight excluding hydrogens is 190 g/mol. The van der Waals surface area contributed by atoms with Gasteiger partial charge in [-0.25, -0.2) is 4.79 Å². The van der Waals surface area contributed by atoms with Crippen LogP contribution in [0.5, 0.6) is 0 Å². The van der Waals surface area contributed by atoms with Crippen molar-refractivity contribution in [2.45, 2.75) is 51.7 Å². The van der Waals surface area contributed by atoms with Crippen LogP contribution in [-0.4, -0.2) is 24.2 Å². The number of hydrogen-bond donors (Lipinski definition) is 1. The van der Waals surface area contributed by atoms with Crippen molar-refractivity contribution in [2.24, 2.45) is 0 Å². The second-order valence-corrected chi connectivity index (χ2v) is 5.10. The molecule has 0 aromatic rings. The van der Waals surface area contributed by atoms with E-state index in [0.29, 0.717) is 18.0 Å². The van der Waals surface area contributed by atoms with Gasteiger partial charge in [0.15, 0.2) is 0 Å². The summed E-state index contributed by atoms with van der Waals surface area (Å²) in [6.45, 7) is 10.4.